The number of piperazine rings is 1. The lowest BCUT2D eigenvalue weighted by Crippen LogP contribution is -2.49. The Hall–Kier alpha value is -3.85. The third kappa shape index (κ3) is 5.67. The summed E-state index contributed by atoms with van der Waals surface area (Å²) in [5.41, 5.74) is 3.97. The lowest BCUT2D eigenvalue weighted by atomic mass is 9.88. The van der Waals surface area contributed by atoms with Gasteiger partial charge in [-0.3, -0.25) is 4.79 Å². The second-order valence-corrected chi connectivity index (χ2v) is 10.3. The highest BCUT2D eigenvalue weighted by Crippen LogP contribution is 2.32. The monoisotopic (exact) mass is 514 g/mol. The number of hydrogen-bond acceptors (Lipinski definition) is 8. The minimum atomic E-state index is -1.04. The maximum atomic E-state index is 13.1. The summed E-state index contributed by atoms with van der Waals surface area (Å²) in [5, 5.41) is 16.3. The Bertz CT molecular complexity index is 1230. The van der Waals surface area contributed by atoms with Crippen molar-refractivity contribution in [2.75, 3.05) is 48.3 Å². The third-order valence-corrected chi connectivity index (χ3v) is 7.41. The minimum absolute atomic E-state index is 0.220. The number of hydrogen-bond donors (Lipinski definition) is 5. The van der Waals surface area contributed by atoms with Gasteiger partial charge in [-0.25, -0.2) is 9.98 Å². The Morgan fingerprint density at radius 1 is 1.21 bits per heavy atom. The molecule has 0 radical (unpaired) electrons. The van der Waals surface area contributed by atoms with E-state index in [9.17, 15) is 4.79 Å². The molecule has 1 aromatic carbocycles. The number of guanidine groups is 1. The van der Waals surface area contributed by atoms with Crippen molar-refractivity contribution in [2.45, 2.75) is 44.7 Å². The molecule has 2 aliphatic heterocycles. The summed E-state index contributed by atoms with van der Waals surface area (Å²) in [6.45, 7) is 12.2. The van der Waals surface area contributed by atoms with E-state index in [4.69, 9.17) is 9.98 Å². The molecule has 38 heavy (non-hydrogen) atoms. The van der Waals surface area contributed by atoms with E-state index in [2.05, 4.69) is 75.3 Å². The molecule has 1 fully saturated rings. The van der Waals surface area contributed by atoms with Crippen LogP contribution in [-0.2, 0) is 11.2 Å². The fourth-order valence-corrected chi connectivity index (χ4v) is 5.31. The first kappa shape index (κ1) is 25.8. The fraction of sp³-hybridized carbons (Fsp3) is 0.414. The quantitative estimate of drug-likeness (QED) is 0.361. The summed E-state index contributed by atoms with van der Waals surface area (Å²) in [7, 11) is 0. The van der Waals surface area contributed by atoms with Gasteiger partial charge in [0.1, 0.15) is 5.82 Å². The first-order valence-corrected chi connectivity index (χ1v) is 13.5. The lowest BCUT2D eigenvalue weighted by Gasteiger charge is -2.34. The van der Waals surface area contributed by atoms with Crippen molar-refractivity contribution in [1.29, 1.82) is 0 Å². The largest absolute Gasteiger partial charge is 0.369 e. The molecule has 9 heteroatoms. The fourth-order valence-electron chi connectivity index (χ4n) is 5.31. The second-order valence-electron chi connectivity index (χ2n) is 10.3. The molecular formula is C29H38N8O. The predicted molar refractivity (Wildman–Crippen MR) is 155 cm³/mol. The van der Waals surface area contributed by atoms with E-state index in [1.54, 1.807) is 12.3 Å². The van der Waals surface area contributed by atoms with Crippen LogP contribution in [0.5, 0.6) is 0 Å². The van der Waals surface area contributed by atoms with E-state index in [-0.39, 0.29) is 5.91 Å². The standard InChI is InChI=1S/C29H38N8O/c1-4-14-31-27(38)24-19-32-28(33-22-9-11-23(12-10-22)37-17-15-30-16-18-37)36-29(24,3)35-25-13-8-21-7-5-6-20(2)26(21)34-25/h4,8-13,19-20,30H,1,5-7,14-18H2,2-3H3,(H,31,38)(H,34,35)(H2,32,33,36). The molecule has 1 aliphatic carbocycles. The molecule has 0 saturated carbocycles. The van der Waals surface area contributed by atoms with Gasteiger partial charge in [0.15, 0.2) is 5.66 Å². The van der Waals surface area contributed by atoms with Gasteiger partial charge in [0, 0.05) is 56.0 Å². The van der Waals surface area contributed by atoms with Gasteiger partial charge in [-0.1, -0.05) is 19.1 Å². The van der Waals surface area contributed by atoms with E-state index in [1.807, 2.05) is 13.0 Å². The molecule has 2 aromatic rings. The van der Waals surface area contributed by atoms with Gasteiger partial charge in [0.2, 0.25) is 5.96 Å². The van der Waals surface area contributed by atoms with E-state index >= 15 is 0 Å². The molecule has 1 saturated heterocycles. The number of aromatic nitrogens is 1. The number of carbonyl (C=O) groups is 1. The van der Waals surface area contributed by atoms with Crippen LogP contribution >= 0.6 is 0 Å². The first-order valence-electron chi connectivity index (χ1n) is 13.5. The van der Waals surface area contributed by atoms with Crippen LogP contribution in [0.25, 0.3) is 0 Å². The molecule has 0 spiro atoms. The molecule has 3 aliphatic rings. The van der Waals surface area contributed by atoms with Crippen molar-refractivity contribution in [3.8, 4) is 0 Å². The Labute approximate surface area is 224 Å². The smallest absolute Gasteiger partial charge is 0.253 e. The average molecular weight is 515 g/mol. The molecule has 1 amide bonds. The van der Waals surface area contributed by atoms with Crippen LogP contribution in [0.15, 0.2) is 65.8 Å². The molecule has 2 unspecified atom stereocenters. The number of fused-ring (bicyclic) bond motifs is 1. The number of aryl methyl sites for hydroxylation is 1. The number of nitrogens with zero attached hydrogens (tertiary/aromatic N) is 3. The molecule has 5 rings (SSSR count). The Morgan fingerprint density at radius 2 is 2.00 bits per heavy atom. The maximum Gasteiger partial charge on any atom is 0.253 e. The number of benzene rings is 1. The van der Waals surface area contributed by atoms with Crippen molar-refractivity contribution >= 4 is 29.1 Å². The summed E-state index contributed by atoms with van der Waals surface area (Å²) in [6.07, 6.45) is 6.75. The van der Waals surface area contributed by atoms with Crippen molar-refractivity contribution in [3.05, 3.63) is 72.1 Å². The van der Waals surface area contributed by atoms with E-state index < -0.39 is 5.66 Å². The molecular weight excluding hydrogens is 476 g/mol. The number of anilines is 3. The van der Waals surface area contributed by atoms with E-state index in [0.717, 1.165) is 50.4 Å². The van der Waals surface area contributed by atoms with Gasteiger partial charge in [-0.05, 0) is 68.0 Å². The predicted octanol–water partition coefficient (Wildman–Crippen LogP) is 3.32. The van der Waals surface area contributed by atoms with Crippen LogP contribution in [0.1, 0.15) is 43.9 Å². The molecule has 3 heterocycles. The zero-order chi connectivity index (χ0) is 26.5. The van der Waals surface area contributed by atoms with Crippen LogP contribution in [0.3, 0.4) is 0 Å². The van der Waals surface area contributed by atoms with Crippen LogP contribution in [0.2, 0.25) is 0 Å². The Balaban J connectivity index is 1.38. The van der Waals surface area contributed by atoms with E-state index in [1.165, 1.54) is 17.7 Å². The Kier molecular flexibility index (Phi) is 7.64. The van der Waals surface area contributed by atoms with Crippen molar-refractivity contribution in [3.63, 3.8) is 0 Å². The van der Waals surface area contributed by atoms with Crippen LogP contribution in [0.4, 0.5) is 17.2 Å². The topological polar surface area (TPSA) is 106 Å². The van der Waals surface area contributed by atoms with Crippen LogP contribution < -0.4 is 31.5 Å². The summed E-state index contributed by atoms with van der Waals surface area (Å²) in [4.78, 5) is 25.3. The van der Waals surface area contributed by atoms with Crippen molar-refractivity contribution in [2.24, 2.45) is 4.99 Å². The van der Waals surface area contributed by atoms with E-state index in [0.29, 0.717) is 29.8 Å². The van der Waals surface area contributed by atoms with Gasteiger partial charge in [-0.15, -0.1) is 6.58 Å². The molecule has 1 aromatic heterocycles. The maximum absolute atomic E-state index is 13.1. The van der Waals surface area contributed by atoms with Crippen LogP contribution in [0, 0.1) is 0 Å². The number of carbonyl (C=O) groups excluding carboxylic acids is 1. The number of pyridine rings is 1. The second kappa shape index (κ2) is 11.3. The summed E-state index contributed by atoms with van der Waals surface area (Å²) in [5.74, 6) is 1.44. The normalized spacial score (nSPS) is 22.8. The number of amides is 1. The zero-order valence-electron chi connectivity index (χ0n) is 22.3. The summed E-state index contributed by atoms with van der Waals surface area (Å²) >= 11 is 0. The zero-order valence-corrected chi connectivity index (χ0v) is 22.3. The first-order chi connectivity index (χ1) is 18.4. The number of rotatable bonds is 7. The van der Waals surface area contributed by atoms with Gasteiger partial charge >= 0.3 is 0 Å². The van der Waals surface area contributed by atoms with Crippen LogP contribution in [-0.4, -0.2) is 55.2 Å². The average Bonchev–Trinajstić information content (AvgIpc) is 2.93. The SMILES string of the molecule is C=CCNC(=O)C1=CNC(Nc2ccc(N3CCNCC3)cc2)=NC1(C)Nc1ccc2c(n1)C(C)CCC2. The molecule has 2 atom stereocenters. The highest BCUT2D eigenvalue weighted by molar-refractivity contribution is 6.02. The number of nitrogens with one attached hydrogen (secondary N) is 5. The van der Waals surface area contributed by atoms with Gasteiger partial charge in [-0.2, -0.15) is 0 Å². The molecule has 200 valence electrons. The Morgan fingerprint density at radius 3 is 2.76 bits per heavy atom. The molecule has 0 bridgehead atoms. The summed E-state index contributed by atoms with van der Waals surface area (Å²) in [6, 6.07) is 12.5. The molecule has 5 N–H and O–H groups in total. The lowest BCUT2D eigenvalue weighted by molar-refractivity contribution is -0.117. The highest BCUT2D eigenvalue weighted by atomic mass is 16.1. The van der Waals surface area contributed by atoms with Gasteiger partial charge < -0.3 is 31.5 Å². The van der Waals surface area contributed by atoms with Gasteiger partial charge in [0.05, 0.1) is 5.57 Å². The third-order valence-electron chi connectivity index (χ3n) is 7.41. The highest BCUT2D eigenvalue weighted by Gasteiger charge is 2.37. The van der Waals surface area contributed by atoms with Crippen molar-refractivity contribution < 1.29 is 4.79 Å². The minimum Gasteiger partial charge on any atom is -0.369 e. The van der Waals surface area contributed by atoms with Gasteiger partial charge in [0.25, 0.3) is 5.91 Å². The molecule has 9 nitrogen and oxygen atoms in total. The number of aliphatic imine (C=N–C) groups is 1. The van der Waals surface area contributed by atoms with Crippen molar-refractivity contribution in [1.82, 2.24) is 20.9 Å². The summed E-state index contributed by atoms with van der Waals surface area (Å²) < 4.78 is 0.